The number of para-hydroxylation sites is 1. The molecule has 57 heavy (non-hydrogen) atoms. The van der Waals surface area contributed by atoms with E-state index in [1.807, 2.05) is 18.2 Å². The van der Waals surface area contributed by atoms with Crippen LogP contribution in [-0.2, 0) is 19.1 Å². The summed E-state index contributed by atoms with van der Waals surface area (Å²) >= 11 is 0. The maximum absolute atomic E-state index is 13.2. The molecule has 1 aromatic carbocycles. The largest absolute Gasteiger partial charge is 0.465 e. The second-order valence-electron chi connectivity index (χ2n) is 17.6. The van der Waals surface area contributed by atoms with Crippen molar-refractivity contribution in [2.75, 3.05) is 31.2 Å². The Bertz CT molecular complexity index is 939. The Labute approximate surface area is 355 Å². The number of carbonyl (C=O) groups excluding carboxylic acids is 2. The molecular weight excluding hydrogens is 703 g/mol. The first-order chi connectivity index (χ1) is 28.0. The lowest BCUT2D eigenvalue weighted by Gasteiger charge is -2.25. The van der Waals surface area contributed by atoms with Crippen LogP contribution in [0.4, 0.5) is 5.69 Å². The van der Waals surface area contributed by atoms with Crippen LogP contribution in [0.1, 0.15) is 246 Å². The van der Waals surface area contributed by atoms with Crippen LogP contribution >= 0.6 is 0 Å². The molecule has 1 rings (SSSR count). The molecule has 0 aliphatic carbocycles. The number of carbonyl (C=O) groups is 2. The molecule has 0 N–H and O–H groups in total. The summed E-state index contributed by atoms with van der Waals surface area (Å²) in [4.78, 5) is 28.5. The number of rotatable bonds is 43. The maximum atomic E-state index is 13.2. The zero-order valence-corrected chi connectivity index (χ0v) is 38.5. The van der Waals surface area contributed by atoms with Gasteiger partial charge in [0.25, 0.3) is 0 Å². The van der Waals surface area contributed by atoms with Crippen molar-refractivity contribution in [3.63, 3.8) is 0 Å². The number of ether oxygens (including phenoxy) is 2. The van der Waals surface area contributed by atoms with Crippen LogP contribution in [0.3, 0.4) is 0 Å². The highest BCUT2D eigenvalue weighted by molar-refractivity contribution is 5.71. The van der Waals surface area contributed by atoms with Gasteiger partial charge in [0, 0.05) is 18.8 Å². The number of unbranched alkanes of at least 4 members (excludes halogenated alkanes) is 24. The number of esters is 2. The fourth-order valence-electron chi connectivity index (χ4n) is 8.21. The molecule has 0 aliphatic rings. The number of hydrogen-bond acceptors (Lipinski definition) is 5. The van der Waals surface area contributed by atoms with Crippen LogP contribution in [0, 0.1) is 11.8 Å². The van der Waals surface area contributed by atoms with Crippen molar-refractivity contribution in [1.29, 1.82) is 0 Å². The molecule has 1 aromatic rings. The molecule has 332 valence electrons. The summed E-state index contributed by atoms with van der Waals surface area (Å²) in [5, 5.41) is 0. The van der Waals surface area contributed by atoms with Gasteiger partial charge >= 0.3 is 11.9 Å². The normalized spacial score (nSPS) is 12.4. The van der Waals surface area contributed by atoms with E-state index in [-0.39, 0.29) is 11.9 Å². The number of anilines is 1. The van der Waals surface area contributed by atoms with Gasteiger partial charge in [-0.3, -0.25) is 9.59 Å². The Morgan fingerprint density at radius 1 is 0.421 bits per heavy atom. The molecule has 0 fully saturated rings. The van der Waals surface area contributed by atoms with E-state index < -0.39 is 0 Å². The fourth-order valence-corrected chi connectivity index (χ4v) is 8.21. The Hall–Kier alpha value is -2.04. The zero-order valence-electron chi connectivity index (χ0n) is 38.5. The monoisotopic (exact) mass is 798 g/mol. The number of benzene rings is 1. The van der Waals surface area contributed by atoms with Gasteiger partial charge in [-0.25, -0.2) is 0 Å². The highest BCUT2D eigenvalue weighted by Gasteiger charge is 2.17. The van der Waals surface area contributed by atoms with Gasteiger partial charge in [-0.1, -0.05) is 226 Å². The van der Waals surface area contributed by atoms with Crippen molar-refractivity contribution in [2.45, 2.75) is 246 Å². The summed E-state index contributed by atoms with van der Waals surface area (Å²) in [6.45, 7) is 11.3. The van der Waals surface area contributed by atoms with E-state index in [4.69, 9.17) is 9.47 Å². The lowest BCUT2D eigenvalue weighted by Crippen LogP contribution is -2.30. The molecule has 0 aliphatic heterocycles. The highest BCUT2D eigenvalue weighted by Crippen LogP contribution is 2.23. The van der Waals surface area contributed by atoms with Gasteiger partial charge in [0.1, 0.15) is 0 Å². The van der Waals surface area contributed by atoms with Gasteiger partial charge < -0.3 is 14.4 Å². The standard InChI is InChI=1S/C52H95NO4/c1-5-9-13-17-21-23-27-32-38-48(36-30-25-19-15-11-7-3)46-56-51(54)42-44-53(50-40-34-29-35-41-50)45-43-52(55)57-47-49(37-31-26-20-16-12-8-4)39-33-28-24-22-18-14-10-6-2/h29,34-35,40-41,48-49H,5-28,30-33,36-39,42-47H2,1-4H3. The molecule has 0 bridgehead atoms. The van der Waals surface area contributed by atoms with E-state index in [1.165, 1.54) is 180 Å². The topological polar surface area (TPSA) is 55.8 Å². The first kappa shape index (κ1) is 53.0. The molecule has 2 atom stereocenters. The predicted octanol–water partition coefficient (Wildman–Crippen LogP) is 16.2. The predicted molar refractivity (Wildman–Crippen MR) is 247 cm³/mol. The smallest absolute Gasteiger partial charge is 0.307 e. The van der Waals surface area contributed by atoms with Gasteiger partial charge in [0.15, 0.2) is 0 Å². The summed E-state index contributed by atoms with van der Waals surface area (Å²) in [7, 11) is 0. The summed E-state index contributed by atoms with van der Waals surface area (Å²) in [6, 6.07) is 10.2. The Balaban J connectivity index is 2.62. The SMILES string of the molecule is CCCCCCCCCCC(CCCCCCCC)COC(=O)CCN(CCC(=O)OCC(CCCCCCCC)CCCCCCCCCC)c1ccccc1. The second kappa shape index (κ2) is 40.7. The molecule has 5 heteroatoms. The third-order valence-corrected chi connectivity index (χ3v) is 12.1. The fraction of sp³-hybridized carbons (Fsp3) is 0.846. The highest BCUT2D eigenvalue weighted by atomic mass is 16.5. The summed E-state index contributed by atoms with van der Waals surface area (Å²) in [5.41, 5.74) is 1.03. The molecule has 0 aromatic heterocycles. The molecule has 0 saturated carbocycles. The molecule has 0 radical (unpaired) electrons. The van der Waals surface area contributed by atoms with E-state index in [9.17, 15) is 9.59 Å². The van der Waals surface area contributed by atoms with Crippen LogP contribution in [0.2, 0.25) is 0 Å². The zero-order chi connectivity index (χ0) is 41.3. The van der Waals surface area contributed by atoms with E-state index in [0.717, 1.165) is 31.4 Å². The molecular formula is C52H95NO4. The van der Waals surface area contributed by atoms with Crippen LogP contribution in [0.5, 0.6) is 0 Å². The molecule has 0 heterocycles. The molecule has 2 unspecified atom stereocenters. The summed E-state index contributed by atoms with van der Waals surface area (Å²) in [5.74, 6) is 0.669. The first-order valence-corrected chi connectivity index (χ1v) is 25.1. The van der Waals surface area contributed by atoms with Crippen molar-refractivity contribution in [1.82, 2.24) is 0 Å². The molecule has 5 nitrogen and oxygen atoms in total. The van der Waals surface area contributed by atoms with Crippen LogP contribution in [0.25, 0.3) is 0 Å². The molecule has 0 spiro atoms. The van der Waals surface area contributed by atoms with Gasteiger partial charge in [-0.2, -0.15) is 0 Å². The Morgan fingerprint density at radius 3 is 1.00 bits per heavy atom. The number of hydrogen-bond donors (Lipinski definition) is 0. The minimum Gasteiger partial charge on any atom is -0.465 e. The summed E-state index contributed by atoms with van der Waals surface area (Å²) in [6.07, 6.45) is 42.1. The van der Waals surface area contributed by atoms with E-state index >= 15 is 0 Å². The van der Waals surface area contributed by atoms with E-state index in [2.05, 4.69) is 44.7 Å². The van der Waals surface area contributed by atoms with Crippen LogP contribution < -0.4 is 4.90 Å². The third kappa shape index (κ3) is 33.5. The van der Waals surface area contributed by atoms with Crippen molar-refractivity contribution >= 4 is 17.6 Å². The maximum Gasteiger partial charge on any atom is 0.307 e. The van der Waals surface area contributed by atoms with E-state index in [0.29, 0.717) is 51.0 Å². The first-order valence-electron chi connectivity index (χ1n) is 25.1. The van der Waals surface area contributed by atoms with Crippen LogP contribution in [0.15, 0.2) is 30.3 Å². The van der Waals surface area contributed by atoms with Gasteiger partial charge in [0.05, 0.1) is 26.1 Å². The van der Waals surface area contributed by atoms with E-state index in [1.54, 1.807) is 0 Å². The average molecular weight is 798 g/mol. The second-order valence-corrected chi connectivity index (χ2v) is 17.6. The van der Waals surface area contributed by atoms with Gasteiger partial charge in [-0.05, 0) is 49.7 Å². The lowest BCUT2D eigenvalue weighted by molar-refractivity contribution is -0.145. The minimum atomic E-state index is -0.124. The van der Waals surface area contributed by atoms with Gasteiger partial charge in [0.2, 0.25) is 0 Å². The number of nitrogens with zero attached hydrogens (tertiary/aromatic N) is 1. The van der Waals surface area contributed by atoms with Crippen molar-refractivity contribution < 1.29 is 19.1 Å². The molecule has 0 saturated heterocycles. The van der Waals surface area contributed by atoms with Crippen molar-refractivity contribution in [2.24, 2.45) is 11.8 Å². The molecule has 0 amide bonds. The summed E-state index contributed by atoms with van der Waals surface area (Å²) < 4.78 is 11.9. The third-order valence-electron chi connectivity index (χ3n) is 12.1. The van der Waals surface area contributed by atoms with Crippen LogP contribution in [-0.4, -0.2) is 38.2 Å². The van der Waals surface area contributed by atoms with Crippen molar-refractivity contribution in [3.8, 4) is 0 Å². The van der Waals surface area contributed by atoms with Crippen molar-refractivity contribution in [3.05, 3.63) is 30.3 Å². The Morgan fingerprint density at radius 2 is 0.702 bits per heavy atom. The minimum absolute atomic E-state index is 0.124. The quantitative estimate of drug-likeness (QED) is 0.0487. The average Bonchev–Trinajstić information content (AvgIpc) is 3.23. The lowest BCUT2D eigenvalue weighted by atomic mass is 9.94. The van der Waals surface area contributed by atoms with Gasteiger partial charge in [-0.15, -0.1) is 0 Å². The Kier molecular flexibility index (Phi) is 37.9.